The Morgan fingerprint density at radius 2 is 2.06 bits per heavy atom. The third kappa shape index (κ3) is 4.12. The molecule has 16 heavy (non-hydrogen) atoms. The highest BCUT2D eigenvalue weighted by Crippen LogP contribution is 2.20. The van der Waals surface area contributed by atoms with E-state index < -0.39 is 18.5 Å². The van der Waals surface area contributed by atoms with Gasteiger partial charge in [-0.3, -0.25) is 9.59 Å². The number of hydrogen-bond donors (Lipinski definition) is 1. The summed E-state index contributed by atoms with van der Waals surface area (Å²) in [4.78, 5) is 21.3. The molecule has 0 aliphatic rings. The van der Waals surface area contributed by atoms with Crippen LogP contribution in [-0.2, 0) is 4.79 Å². The average molecular weight is 231 g/mol. The highest BCUT2D eigenvalue weighted by atomic mass is 19.4. The van der Waals surface area contributed by atoms with E-state index in [9.17, 15) is 22.8 Å². The van der Waals surface area contributed by atoms with Crippen molar-refractivity contribution in [2.24, 2.45) is 0 Å². The van der Waals surface area contributed by atoms with Gasteiger partial charge in [0.25, 0.3) is 0 Å². The molecule has 0 atom stereocenters. The van der Waals surface area contributed by atoms with Gasteiger partial charge >= 0.3 is 6.18 Å². The molecule has 3 nitrogen and oxygen atoms in total. The molecule has 0 aliphatic heterocycles. The molecule has 1 N–H and O–H groups in total. The average Bonchev–Trinajstić information content (AvgIpc) is 2.15. The van der Waals surface area contributed by atoms with Gasteiger partial charge in [-0.25, -0.2) is 0 Å². The van der Waals surface area contributed by atoms with Crippen LogP contribution in [0, 0.1) is 0 Å². The highest BCUT2D eigenvalue weighted by Gasteiger charge is 2.31. The zero-order chi connectivity index (χ0) is 12.2. The maximum Gasteiger partial charge on any atom is 0.397 e. The van der Waals surface area contributed by atoms with Gasteiger partial charge in [0.15, 0.2) is 0 Å². The number of aldehydes is 1. The second kappa shape index (κ2) is 4.78. The van der Waals surface area contributed by atoms with Gasteiger partial charge in [-0.1, -0.05) is 12.1 Å². The summed E-state index contributed by atoms with van der Waals surface area (Å²) in [6.07, 6.45) is -5.54. The lowest BCUT2D eigenvalue weighted by molar-refractivity contribution is -0.150. The lowest BCUT2D eigenvalue weighted by Crippen LogP contribution is -2.21. The molecule has 86 valence electrons. The standard InChI is InChI=1S/C10H8F3NO2/c11-10(12,13)5-9(16)14-8-3-1-2-7(4-8)6-15/h1-4,6H,5H2,(H,14,16). The molecule has 0 saturated carbocycles. The number of anilines is 1. The first-order valence-electron chi connectivity index (χ1n) is 4.32. The van der Waals surface area contributed by atoms with Crippen molar-refractivity contribution in [1.82, 2.24) is 0 Å². The quantitative estimate of drug-likeness (QED) is 0.812. The molecular formula is C10H8F3NO2. The first-order chi connectivity index (χ1) is 7.40. The molecule has 0 fully saturated rings. The molecule has 1 rings (SSSR count). The molecule has 0 unspecified atom stereocenters. The summed E-state index contributed by atoms with van der Waals surface area (Å²) in [5.41, 5.74) is 0.448. The fourth-order valence-electron chi connectivity index (χ4n) is 1.08. The highest BCUT2D eigenvalue weighted by molar-refractivity contribution is 5.92. The summed E-state index contributed by atoms with van der Waals surface area (Å²) < 4.78 is 35.5. The first kappa shape index (κ1) is 12.2. The predicted molar refractivity (Wildman–Crippen MR) is 51.1 cm³/mol. The summed E-state index contributed by atoms with van der Waals surface area (Å²) in [6.45, 7) is 0. The SMILES string of the molecule is O=Cc1cccc(NC(=O)CC(F)(F)F)c1. The molecule has 0 spiro atoms. The number of rotatable bonds is 3. The van der Waals surface area contributed by atoms with Crippen LogP contribution in [0.5, 0.6) is 0 Å². The fraction of sp³-hybridized carbons (Fsp3) is 0.200. The van der Waals surface area contributed by atoms with E-state index in [0.717, 1.165) is 0 Å². The van der Waals surface area contributed by atoms with Crippen molar-refractivity contribution in [2.75, 3.05) is 5.32 Å². The number of alkyl halides is 3. The minimum absolute atomic E-state index is 0.166. The normalized spacial score (nSPS) is 10.9. The number of nitrogens with one attached hydrogen (secondary N) is 1. The molecule has 1 aromatic rings. The van der Waals surface area contributed by atoms with Crippen molar-refractivity contribution in [3.05, 3.63) is 29.8 Å². The van der Waals surface area contributed by atoms with E-state index in [1.807, 2.05) is 0 Å². The number of carbonyl (C=O) groups is 2. The van der Waals surface area contributed by atoms with E-state index in [2.05, 4.69) is 5.32 Å². The van der Waals surface area contributed by atoms with Crippen LogP contribution in [0.1, 0.15) is 16.8 Å². The molecule has 0 aromatic heterocycles. The zero-order valence-corrected chi connectivity index (χ0v) is 8.04. The van der Waals surface area contributed by atoms with Crippen molar-refractivity contribution in [1.29, 1.82) is 0 Å². The Hall–Kier alpha value is -1.85. The molecule has 0 bridgehead atoms. The van der Waals surface area contributed by atoms with Crippen molar-refractivity contribution >= 4 is 17.9 Å². The van der Waals surface area contributed by atoms with Gasteiger partial charge in [0.2, 0.25) is 5.91 Å². The lowest BCUT2D eigenvalue weighted by atomic mass is 10.2. The molecule has 6 heteroatoms. The van der Waals surface area contributed by atoms with Crippen LogP contribution in [0.3, 0.4) is 0 Å². The van der Waals surface area contributed by atoms with Gasteiger partial charge in [-0.15, -0.1) is 0 Å². The van der Waals surface area contributed by atoms with Gasteiger partial charge in [0, 0.05) is 11.3 Å². The molecule has 0 radical (unpaired) electrons. The van der Waals surface area contributed by atoms with E-state index in [1.54, 1.807) is 0 Å². The fourth-order valence-corrected chi connectivity index (χ4v) is 1.08. The van der Waals surface area contributed by atoms with Crippen molar-refractivity contribution in [3.63, 3.8) is 0 Å². The van der Waals surface area contributed by atoms with Crippen LogP contribution >= 0.6 is 0 Å². The van der Waals surface area contributed by atoms with E-state index >= 15 is 0 Å². The van der Waals surface area contributed by atoms with Crippen LogP contribution < -0.4 is 5.32 Å². The third-order valence-corrected chi connectivity index (χ3v) is 1.67. The number of benzene rings is 1. The minimum atomic E-state index is -4.54. The Bertz CT molecular complexity index is 401. The maximum atomic E-state index is 11.8. The van der Waals surface area contributed by atoms with E-state index in [4.69, 9.17) is 0 Å². The third-order valence-electron chi connectivity index (χ3n) is 1.67. The number of carbonyl (C=O) groups excluding carboxylic acids is 2. The van der Waals surface area contributed by atoms with Gasteiger partial charge in [0.05, 0.1) is 0 Å². The first-order valence-corrected chi connectivity index (χ1v) is 4.32. The van der Waals surface area contributed by atoms with Gasteiger partial charge in [-0.2, -0.15) is 13.2 Å². The minimum Gasteiger partial charge on any atom is -0.326 e. The second-order valence-electron chi connectivity index (χ2n) is 3.08. The van der Waals surface area contributed by atoms with Crippen LogP contribution in [0.2, 0.25) is 0 Å². The number of hydrogen-bond acceptors (Lipinski definition) is 2. The maximum absolute atomic E-state index is 11.8. The van der Waals surface area contributed by atoms with Gasteiger partial charge < -0.3 is 5.32 Å². The molecule has 0 saturated heterocycles. The van der Waals surface area contributed by atoms with Gasteiger partial charge in [-0.05, 0) is 12.1 Å². The second-order valence-corrected chi connectivity index (χ2v) is 3.08. The smallest absolute Gasteiger partial charge is 0.326 e. The Balaban J connectivity index is 2.66. The molecule has 0 heterocycles. The summed E-state index contributed by atoms with van der Waals surface area (Å²) in [5.74, 6) is -1.16. The molecule has 1 amide bonds. The van der Waals surface area contributed by atoms with Gasteiger partial charge in [0.1, 0.15) is 12.7 Å². The summed E-state index contributed by atoms with van der Waals surface area (Å²) in [6, 6.07) is 5.64. The Labute approximate surface area is 89.3 Å². The summed E-state index contributed by atoms with van der Waals surface area (Å²) in [5, 5.41) is 2.06. The Kier molecular flexibility index (Phi) is 3.65. The Morgan fingerprint density at radius 3 is 2.62 bits per heavy atom. The van der Waals surface area contributed by atoms with Crippen LogP contribution in [-0.4, -0.2) is 18.4 Å². The lowest BCUT2D eigenvalue weighted by Gasteiger charge is -2.07. The topological polar surface area (TPSA) is 46.2 Å². The Morgan fingerprint density at radius 1 is 1.38 bits per heavy atom. The molecule has 1 aromatic carbocycles. The molecular weight excluding hydrogens is 223 g/mol. The number of halogens is 3. The van der Waals surface area contributed by atoms with E-state index in [1.165, 1.54) is 24.3 Å². The largest absolute Gasteiger partial charge is 0.397 e. The van der Waals surface area contributed by atoms with Crippen molar-refractivity contribution in [3.8, 4) is 0 Å². The number of amides is 1. The van der Waals surface area contributed by atoms with E-state index in [-0.39, 0.29) is 11.3 Å². The molecule has 0 aliphatic carbocycles. The summed E-state index contributed by atoms with van der Waals surface area (Å²) >= 11 is 0. The van der Waals surface area contributed by atoms with Crippen molar-refractivity contribution in [2.45, 2.75) is 12.6 Å². The van der Waals surface area contributed by atoms with Crippen LogP contribution in [0.15, 0.2) is 24.3 Å². The summed E-state index contributed by atoms with van der Waals surface area (Å²) in [7, 11) is 0. The van der Waals surface area contributed by atoms with Crippen molar-refractivity contribution < 1.29 is 22.8 Å². The van der Waals surface area contributed by atoms with E-state index in [0.29, 0.717) is 6.29 Å². The predicted octanol–water partition coefficient (Wildman–Crippen LogP) is 2.39. The van der Waals surface area contributed by atoms with Crippen LogP contribution in [0.25, 0.3) is 0 Å². The zero-order valence-electron chi connectivity index (χ0n) is 8.04. The monoisotopic (exact) mass is 231 g/mol. The van der Waals surface area contributed by atoms with Crippen LogP contribution in [0.4, 0.5) is 18.9 Å².